The fourth-order valence-electron chi connectivity index (χ4n) is 2.32. The summed E-state index contributed by atoms with van der Waals surface area (Å²) in [4.78, 5) is 3.76. The predicted molar refractivity (Wildman–Crippen MR) is 74.2 cm³/mol. The van der Waals surface area contributed by atoms with Crippen molar-refractivity contribution in [2.24, 2.45) is 5.73 Å². The maximum Gasteiger partial charge on any atom is 0.107 e. The summed E-state index contributed by atoms with van der Waals surface area (Å²) in [5, 5.41) is 0. The summed E-state index contributed by atoms with van der Waals surface area (Å²) >= 11 is 11.2. The van der Waals surface area contributed by atoms with Crippen molar-refractivity contribution in [2.75, 3.05) is 13.1 Å². The highest BCUT2D eigenvalue weighted by Crippen LogP contribution is 2.40. The molecule has 1 aromatic rings. The van der Waals surface area contributed by atoms with Gasteiger partial charge >= 0.3 is 0 Å². The molecule has 90 valence electrons. The number of rotatable bonds is 3. The molecule has 2 rings (SSSR count). The van der Waals surface area contributed by atoms with Gasteiger partial charge in [-0.15, -0.1) is 11.3 Å². The highest BCUT2D eigenvalue weighted by atomic mass is 79.9. The van der Waals surface area contributed by atoms with Crippen molar-refractivity contribution in [1.29, 1.82) is 0 Å². The Bertz CT molecular complexity index is 347. The highest BCUT2D eigenvalue weighted by Gasteiger charge is 2.33. The standard InChI is InChI=1S/C11H16BrClN2S/c1-2-4-15-5-3-8(14)10(15)9-6-7(12)11(13)16-9/h6,8,10H,2-5,14H2,1H3. The van der Waals surface area contributed by atoms with E-state index in [0.717, 1.165) is 28.3 Å². The third-order valence-electron chi connectivity index (χ3n) is 3.02. The Morgan fingerprint density at radius 2 is 2.44 bits per heavy atom. The Morgan fingerprint density at radius 3 is 3.00 bits per heavy atom. The fraction of sp³-hybridized carbons (Fsp3) is 0.636. The van der Waals surface area contributed by atoms with E-state index < -0.39 is 0 Å². The molecule has 2 nitrogen and oxygen atoms in total. The van der Waals surface area contributed by atoms with Gasteiger partial charge in [-0.1, -0.05) is 18.5 Å². The van der Waals surface area contributed by atoms with E-state index >= 15 is 0 Å². The normalized spacial score (nSPS) is 26.5. The first-order valence-corrected chi connectivity index (χ1v) is 7.56. The topological polar surface area (TPSA) is 29.3 Å². The molecular weight excluding hydrogens is 308 g/mol. The number of nitrogens with two attached hydrogens (primary N) is 1. The molecule has 0 aromatic carbocycles. The van der Waals surface area contributed by atoms with Crippen molar-refractivity contribution in [3.63, 3.8) is 0 Å². The molecular formula is C11H16BrClN2S. The number of hydrogen-bond donors (Lipinski definition) is 1. The van der Waals surface area contributed by atoms with Crippen LogP contribution in [0, 0.1) is 0 Å². The molecule has 1 aromatic heterocycles. The molecule has 16 heavy (non-hydrogen) atoms. The summed E-state index contributed by atoms with van der Waals surface area (Å²) in [5.41, 5.74) is 6.20. The zero-order valence-electron chi connectivity index (χ0n) is 9.25. The molecule has 1 aliphatic rings. The molecule has 1 saturated heterocycles. The van der Waals surface area contributed by atoms with Crippen LogP contribution in [0.4, 0.5) is 0 Å². The molecule has 1 fully saturated rings. The zero-order chi connectivity index (χ0) is 11.7. The van der Waals surface area contributed by atoms with E-state index in [2.05, 4.69) is 33.8 Å². The Balaban J connectivity index is 2.22. The van der Waals surface area contributed by atoms with Gasteiger partial charge in [-0.2, -0.15) is 0 Å². The second-order valence-electron chi connectivity index (χ2n) is 4.20. The molecule has 0 amide bonds. The van der Waals surface area contributed by atoms with Gasteiger partial charge in [0.15, 0.2) is 0 Å². The van der Waals surface area contributed by atoms with Crippen LogP contribution >= 0.6 is 38.9 Å². The third-order valence-corrected chi connectivity index (χ3v) is 5.56. The lowest BCUT2D eigenvalue weighted by Crippen LogP contribution is -2.31. The SMILES string of the molecule is CCCN1CCC(N)C1c1cc(Br)c(Cl)s1. The predicted octanol–water partition coefficient (Wildman–Crippen LogP) is 3.65. The molecule has 2 unspecified atom stereocenters. The average molecular weight is 324 g/mol. The van der Waals surface area contributed by atoms with E-state index in [1.807, 2.05) is 0 Å². The first kappa shape index (κ1) is 12.8. The Morgan fingerprint density at radius 1 is 1.69 bits per heavy atom. The number of hydrogen-bond acceptors (Lipinski definition) is 3. The minimum absolute atomic E-state index is 0.244. The fourth-order valence-corrected chi connectivity index (χ4v) is 4.27. The van der Waals surface area contributed by atoms with Crippen molar-refractivity contribution in [3.8, 4) is 0 Å². The Hall–Kier alpha value is 0.390. The largest absolute Gasteiger partial charge is 0.326 e. The van der Waals surface area contributed by atoms with Crippen LogP contribution in [0.2, 0.25) is 4.34 Å². The summed E-state index contributed by atoms with van der Waals surface area (Å²) in [5.74, 6) is 0. The minimum Gasteiger partial charge on any atom is -0.326 e. The van der Waals surface area contributed by atoms with Gasteiger partial charge in [0.05, 0.1) is 6.04 Å². The number of likely N-dealkylation sites (tertiary alicyclic amines) is 1. The minimum atomic E-state index is 0.244. The van der Waals surface area contributed by atoms with Gasteiger partial charge < -0.3 is 5.73 Å². The molecule has 0 bridgehead atoms. The van der Waals surface area contributed by atoms with Crippen LogP contribution in [0.5, 0.6) is 0 Å². The van der Waals surface area contributed by atoms with Gasteiger partial charge in [0, 0.05) is 21.9 Å². The quantitative estimate of drug-likeness (QED) is 0.920. The second kappa shape index (κ2) is 5.36. The summed E-state index contributed by atoms with van der Waals surface area (Å²) in [6, 6.07) is 2.72. The summed E-state index contributed by atoms with van der Waals surface area (Å²) in [6.07, 6.45) is 2.25. The van der Waals surface area contributed by atoms with Crippen LogP contribution in [0.15, 0.2) is 10.5 Å². The van der Waals surface area contributed by atoms with Crippen LogP contribution in [-0.4, -0.2) is 24.0 Å². The summed E-state index contributed by atoms with van der Waals surface area (Å²) < 4.78 is 1.82. The van der Waals surface area contributed by atoms with Gasteiger partial charge in [-0.05, 0) is 41.4 Å². The van der Waals surface area contributed by atoms with Gasteiger partial charge in [0.2, 0.25) is 0 Å². The van der Waals surface area contributed by atoms with E-state index in [1.165, 1.54) is 11.3 Å². The molecule has 0 aliphatic carbocycles. The zero-order valence-corrected chi connectivity index (χ0v) is 12.4. The van der Waals surface area contributed by atoms with E-state index in [0.29, 0.717) is 6.04 Å². The van der Waals surface area contributed by atoms with Crippen LogP contribution in [0.3, 0.4) is 0 Å². The second-order valence-corrected chi connectivity index (χ2v) is 6.74. The maximum atomic E-state index is 6.20. The van der Waals surface area contributed by atoms with E-state index in [-0.39, 0.29) is 6.04 Å². The van der Waals surface area contributed by atoms with E-state index in [1.54, 1.807) is 11.3 Å². The lowest BCUT2D eigenvalue weighted by atomic mass is 10.1. The molecule has 0 spiro atoms. The Labute approximate surface area is 114 Å². The molecule has 5 heteroatoms. The number of thiophene rings is 1. The van der Waals surface area contributed by atoms with E-state index in [4.69, 9.17) is 17.3 Å². The third kappa shape index (κ3) is 2.46. The van der Waals surface area contributed by atoms with Gasteiger partial charge in [-0.25, -0.2) is 0 Å². The highest BCUT2D eigenvalue weighted by molar-refractivity contribution is 9.10. The summed E-state index contributed by atoms with van der Waals surface area (Å²) in [6.45, 7) is 4.43. The van der Waals surface area contributed by atoms with Crippen molar-refractivity contribution < 1.29 is 0 Å². The molecule has 0 radical (unpaired) electrons. The molecule has 2 N–H and O–H groups in total. The van der Waals surface area contributed by atoms with Crippen LogP contribution in [0.25, 0.3) is 0 Å². The monoisotopic (exact) mass is 322 g/mol. The van der Waals surface area contributed by atoms with Crippen molar-refractivity contribution in [1.82, 2.24) is 4.90 Å². The van der Waals surface area contributed by atoms with Gasteiger partial charge in [0.1, 0.15) is 4.34 Å². The van der Waals surface area contributed by atoms with Crippen LogP contribution in [0.1, 0.15) is 30.7 Å². The number of halogens is 2. The maximum absolute atomic E-state index is 6.20. The summed E-state index contributed by atoms with van der Waals surface area (Å²) in [7, 11) is 0. The first-order valence-electron chi connectivity index (χ1n) is 5.57. The molecule has 0 saturated carbocycles. The van der Waals surface area contributed by atoms with E-state index in [9.17, 15) is 0 Å². The van der Waals surface area contributed by atoms with Gasteiger partial charge in [-0.3, -0.25) is 4.90 Å². The van der Waals surface area contributed by atoms with Crippen molar-refractivity contribution >= 4 is 38.9 Å². The van der Waals surface area contributed by atoms with Crippen molar-refractivity contribution in [3.05, 3.63) is 19.8 Å². The number of nitrogens with zero attached hydrogens (tertiary/aromatic N) is 1. The van der Waals surface area contributed by atoms with Gasteiger partial charge in [0.25, 0.3) is 0 Å². The average Bonchev–Trinajstić information content (AvgIpc) is 2.73. The lowest BCUT2D eigenvalue weighted by molar-refractivity contribution is 0.251. The molecule has 1 aliphatic heterocycles. The molecule has 2 atom stereocenters. The Kier molecular flexibility index (Phi) is 4.30. The first-order chi connectivity index (χ1) is 7.63. The molecule has 2 heterocycles. The van der Waals surface area contributed by atoms with Crippen molar-refractivity contribution in [2.45, 2.75) is 31.8 Å². The van der Waals surface area contributed by atoms with Crippen LogP contribution < -0.4 is 5.73 Å². The van der Waals surface area contributed by atoms with Crippen LogP contribution in [-0.2, 0) is 0 Å². The lowest BCUT2D eigenvalue weighted by Gasteiger charge is -2.25. The smallest absolute Gasteiger partial charge is 0.107 e.